The minimum absolute atomic E-state index is 0.119. The normalized spacial score (nSPS) is 11.3. The van der Waals surface area contributed by atoms with Gasteiger partial charge >= 0.3 is 0 Å². The lowest BCUT2D eigenvalue weighted by Gasteiger charge is -2.21. The second-order valence-corrected chi connectivity index (χ2v) is 3.89. The third kappa shape index (κ3) is 1.79. The molecule has 65 valence electrons. The van der Waals surface area contributed by atoms with Crippen LogP contribution in [-0.4, -0.2) is 0 Å². The van der Waals surface area contributed by atoms with E-state index in [0.29, 0.717) is 0 Å². The summed E-state index contributed by atoms with van der Waals surface area (Å²) in [4.78, 5) is 0. The smallest absolute Gasteiger partial charge is 0.123 e. The van der Waals surface area contributed by atoms with Gasteiger partial charge in [0.2, 0.25) is 0 Å². The fraction of sp³-hybridized carbons (Fsp3) is 0.364. The summed E-state index contributed by atoms with van der Waals surface area (Å²) in [5, 5.41) is 0. The monoisotopic (exact) mass is 163 g/mol. The third-order valence-corrected chi connectivity index (χ3v) is 1.85. The predicted molar refractivity (Wildman–Crippen MR) is 51.1 cm³/mol. The van der Waals surface area contributed by atoms with Crippen molar-refractivity contribution in [3.8, 4) is 5.75 Å². The third-order valence-electron chi connectivity index (χ3n) is 1.85. The lowest BCUT2D eigenvalue weighted by molar-refractivity contribution is 0.447. The van der Waals surface area contributed by atoms with E-state index in [0.717, 1.165) is 5.75 Å². The van der Waals surface area contributed by atoms with E-state index >= 15 is 0 Å². The molecule has 1 radical (unpaired) electrons. The highest BCUT2D eigenvalue weighted by Crippen LogP contribution is 2.30. The zero-order valence-corrected chi connectivity index (χ0v) is 7.92. The summed E-state index contributed by atoms with van der Waals surface area (Å²) in [6, 6.07) is 7.98. The average molecular weight is 163 g/mol. The zero-order valence-electron chi connectivity index (χ0n) is 7.92. The molecule has 0 saturated heterocycles. The number of hydrogen-bond donors (Lipinski definition) is 0. The number of ether oxygens (including phenoxy) is 1. The molecule has 0 N–H and O–H groups in total. The molecule has 0 aliphatic rings. The van der Waals surface area contributed by atoms with Gasteiger partial charge in [-0.05, 0) is 17.0 Å². The summed E-state index contributed by atoms with van der Waals surface area (Å²) in [6.45, 7) is 6.47. The molecule has 1 rings (SSSR count). The molecule has 1 aromatic rings. The average Bonchev–Trinajstić information content (AvgIpc) is 2.03. The van der Waals surface area contributed by atoms with Crippen LogP contribution in [0.4, 0.5) is 0 Å². The van der Waals surface area contributed by atoms with Crippen molar-refractivity contribution in [1.82, 2.24) is 0 Å². The van der Waals surface area contributed by atoms with Crippen LogP contribution in [0, 0.1) is 7.11 Å². The number of benzene rings is 1. The Hall–Kier alpha value is -0.980. The van der Waals surface area contributed by atoms with E-state index in [2.05, 4.69) is 33.9 Å². The van der Waals surface area contributed by atoms with Crippen molar-refractivity contribution in [1.29, 1.82) is 0 Å². The van der Waals surface area contributed by atoms with E-state index < -0.39 is 0 Å². The van der Waals surface area contributed by atoms with Gasteiger partial charge in [-0.3, -0.25) is 0 Å². The van der Waals surface area contributed by atoms with Crippen molar-refractivity contribution in [2.45, 2.75) is 26.2 Å². The number of hydrogen-bond acceptors (Lipinski definition) is 1. The van der Waals surface area contributed by atoms with Crippen LogP contribution in [0.1, 0.15) is 26.3 Å². The standard InChI is InChI=1S/C11H15O/c1-11(2,3)9-7-5-6-8-10(9)12-4/h5-8H,4H2,1-3H3. The second-order valence-electron chi connectivity index (χ2n) is 3.89. The van der Waals surface area contributed by atoms with E-state index in [-0.39, 0.29) is 5.41 Å². The van der Waals surface area contributed by atoms with E-state index in [9.17, 15) is 0 Å². The molecule has 0 aromatic heterocycles. The van der Waals surface area contributed by atoms with Crippen LogP contribution in [0.15, 0.2) is 24.3 Å². The molecule has 1 aromatic carbocycles. The van der Waals surface area contributed by atoms with E-state index in [1.807, 2.05) is 18.2 Å². The highest BCUT2D eigenvalue weighted by Gasteiger charge is 2.17. The minimum Gasteiger partial charge on any atom is -0.490 e. The van der Waals surface area contributed by atoms with Gasteiger partial charge in [-0.1, -0.05) is 39.0 Å². The largest absolute Gasteiger partial charge is 0.490 e. The van der Waals surface area contributed by atoms with Crippen molar-refractivity contribution in [2.75, 3.05) is 0 Å². The molecule has 1 nitrogen and oxygen atoms in total. The van der Waals surface area contributed by atoms with E-state index in [4.69, 9.17) is 4.74 Å². The zero-order chi connectivity index (χ0) is 9.19. The van der Waals surface area contributed by atoms with Gasteiger partial charge in [0.25, 0.3) is 0 Å². The summed E-state index contributed by atoms with van der Waals surface area (Å²) >= 11 is 0. The molecule has 0 heterocycles. The van der Waals surface area contributed by atoms with Crippen LogP contribution >= 0.6 is 0 Å². The van der Waals surface area contributed by atoms with E-state index in [1.54, 1.807) is 0 Å². The lowest BCUT2D eigenvalue weighted by Crippen LogP contribution is -2.12. The first kappa shape index (κ1) is 9.11. The van der Waals surface area contributed by atoms with Gasteiger partial charge in [0.15, 0.2) is 0 Å². The Labute approximate surface area is 74.4 Å². The summed E-state index contributed by atoms with van der Waals surface area (Å²) in [5.74, 6) is 0.866. The second kappa shape index (κ2) is 3.18. The number of para-hydroxylation sites is 1. The molecular formula is C11H15O. The molecule has 0 amide bonds. The molecular weight excluding hydrogens is 148 g/mol. The van der Waals surface area contributed by atoms with Crippen LogP contribution in [0.25, 0.3) is 0 Å². The lowest BCUT2D eigenvalue weighted by atomic mass is 9.86. The first-order chi connectivity index (χ1) is 5.55. The summed E-state index contributed by atoms with van der Waals surface area (Å²) in [5.41, 5.74) is 1.31. The van der Waals surface area contributed by atoms with Crippen molar-refractivity contribution in [3.63, 3.8) is 0 Å². The van der Waals surface area contributed by atoms with E-state index in [1.165, 1.54) is 5.56 Å². The Morgan fingerprint density at radius 1 is 1.17 bits per heavy atom. The molecule has 0 spiro atoms. The van der Waals surface area contributed by atoms with Crippen LogP contribution in [-0.2, 0) is 5.41 Å². The Balaban J connectivity index is 3.14. The fourth-order valence-electron chi connectivity index (χ4n) is 1.21. The van der Waals surface area contributed by atoms with Gasteiger partial charge in [0.05, 0.1) is 0 Å². The Morgan fingerprint density at radius 2 is 1.75 bits per heavy atom. The first-order valence-corrected chi connectivity index (χ1v) is 4.07. The maximum Gasteiger partial charge on any atom is 0.123 e. The van der Waals surface area contributed by atoms with Gasteiger partial charge in [-0.2, -0.15) is 0 Å². The first-order valence-electron chi connectivity index (χ1n) is 4.07. The molecule has 0 fully saturated rings. The molecule has 0 atom stereocenters. The summed E-state index contributed by atoms with van der Waals surface area (Å²) < 4.78 is 5.02. The topological polar surface area (TPSA) is 9.23 Å². The van der Waals surface area contributed by atoms with Gasteiger partial charge in [-0.25, -0.2) is 0 Å². The summed E-state index contributed by atoms with van der Waals surface area (Å²) in [6.07, 6.45) is 0. The number of rotatable bonds is 1. The molecule has 0 unspecified atom stereocenters. The Morgan fingerprint density at radius 3 is 2.17 bits per heavy atom. The molecule has 0 aliphatic carbocycles. The molecule has 1 heteroatoms. The van der Waals surface area contributed by atoms with Crippen LogP contribution in [0.2, 0.25) is 0 Å². The van der Waals surface area contributed by atoms with Gasteiger partial charge in [0.1, 0.15) is 12.9 Å². The summed E-state index contributed by atoms with van der Waals surface area (Å²) in [7, 11) is 3.43. The van der Waals surface area contributed by atoms with Gasteiger partial charge in [0, 0.05) is 0 Å². The molecule has 12 heavy (non-hydrogen) atoms. The molecule has 0 aliphatic heterocycles. The Kier molecular flexibility index (Phi) is 2.41. The highest BCUT2D eigenvalue weighted by atomic mass is 16.5. The fourth-order valence-corrected chi connectivity index (χ4v) is 1.21. The van der Waals surface area contributed by atoms with Crippen molar-refractivity contribution < 1.29 is 4.74 Å². The van der Waals surface area contributed by atoms with Crippen LogP contribution in [0.5, 0.6) is 5.75 Å². The molecule has 0 bridgehead atoms. The van der Waals surface area contributed by atoms with Gasteiger partial charge < -0.3 is 4.74 Å². The van der Waals surface area contributed by atoms with Crippen LogP contribution in [0.3, 0.4) is 0 Å². The molecule has 0 saturated carbocycles. The SMILES string of the molecule is [CH2]Oc1ccccc1C(C)(C)C. The predicted octanol–water partition coefficient (Wildman–Crippen LogP) is 3.15. The quantitative estimate of drug-likeness (QED) is 0.618. The van der Waals surface area contributed by atoms with Gasteiger partial charge in [-0.15, -0.1) is 0 Å². The Bertz CT molecular complexity index is 258. The highest BCUT2D eigenvalue weighted by molar-refractivity contribution is 5.38. The van der Waals surface area contributed by atoms with Crippen LogP contribution < -0.4 is 4.74 Å². The maximum absolute atomic E-state index is 5.02. The van der Waals surface area contributed by atoms with Crippen molar-refractivity contribution >= 4 is 0 Å². The van der Waals surface area contributed by atoms with Crippen molar-refractivity contribution in [3.05, 3.63) is 36.9 Å². The van der Waals surface area contributed by atoms with Crippen molar-refractivity contribution in [2.24, 2.45) is 0 Å². The minimum atomic E-state index is 0.119. The maximum atomic E-state index is 5.02.